The maximum atomic E-state index is 10.6. The minimum absolute atomic E-state index is 0.653. The van der Waals surface area contributed by atoms with Gasteiger partial charge in [-0.3, -0.25) is 0 Å². The Labute approximate surface area is 181 Å². The number of benzene rings is 2. The lowest BCUT2D eigenvalue weighted by atomic mass is 10.0. The van der Waals surface area contributed by atoms with Crippen LogP contribution in [0, 0.1) is 13.8 Å². The summed E-state index contributed by atoms with van der Waals surface area (Å²) in [5.41, 5.74) is 6.01. The van der Waals surface area contributed by atoms with Crippen LogP contribution < -0.4 is 0 Å². The number of aliphatic hydroxyl groups excluding tert-OH is 1. The fourth-order valence-corrected chi connectivity index (χ4v) is 3.90. The molecule has 1 atom stereocenters. The molecule has 0 aliphatic carbocycles. The van der Waals surface area contributed by atoms with Crippen molar-refractivity contribution in [2.24, 2.45) is 4.99 Å². The Morgan fingerprint density at radius 1 is 1.21 bits per heavy atom. The van der Waals surface area contributed by atoms with Crippen LogP contribution in [0.15, 0.2) is 46.8 Å². The third kappa shape index (κ3) is 5.44. The molecule has 1 heterocycles. The first kappa shape index (κ1) is 21.5. The number of thiazole rings is 1. The third-order valence-corrected chi connectivity index (χ3v) is 6.04. The average Bonchev–Trinajstić information content (AvgIpc) is 3.17. The van der Waals surface area contributed by atoms with Gasteiger partial charge in [-0.2, -0.15) is 0 Å². The Balaban J connectivity index is 1.76. The smallest absolute Gasteiger partial charge is 0.122 e. The highest BCUT2D eigenvalue weighted by Gasteiger charge is 2.15. The highest BCUT2D eigenvalue weighted by Crippen LogP contribution is 2.28. The van der Waals surface area contributed by atoms with Crippen LogP contribution in [0.25, 0.3) is 0 Å². The Morgan fingerprint density at radius 3 is 2.62 bits per heavy atom. The SMILES string of the molecule is CCN(C)/C=N\c1cc(C)c(Cc2nc(C(O)c3ccc(Cl)cc3)cs2)cc1C. The number of aliphatic imine (C=N–C) groups is 1. The lowest BCUT2D eigenvalue weighted by Gasteiger charge is -2.11. The van der Waals surface area contributed by atoms with Gasteiger partial charge in [0.1, 0.15) is 6.10 Å². The van der Waals surface area contributed by atoms with Crippen LogP contribution in [0.3, 0.4) is 0 Å². The van der Waals surface area contributed by atoms with E-state index >= 15 is 0 Å². The van der Waals surface area contributed by atoms with Gasteiger partial charge in [0.25, 0.3) is 0 Å². The van der Waals surface area contributed by atoms with E-state index in [0.717, 1.165) is 34.8 Å². The molecule has 3 rings (SSSR count). The molecule has 0 fully saturated rings. The number of aryl methyl sites for hydroxylation is 2. The lowest BCUT2D eigenvalue weighted by molar-refractivity contribution is 0.216. The van der Waals surface area contributed by atoms with Crippen LogP contribution >= 0.6 is 22.9 Å². The Hall–Kier alpha value is -2.21. The molecule has 1 N–H and O–H groups in total. The van der Waals surface area contributed by atoms with E-state index in [2.05, 4.69) is 42.9 Å². The maximum Gasteiger partial charge on any atom is 0.122 e. The minimum Gasteiger partial charge on any atom is -0.382 e. The second kappa shape index (κ2) is 9.53. The van der Waals surface area contributed by atoms with Crippen LogP contribution in [-0.2, 0) is 6.42 Å². The molecule has 0 aliphatic heterocycles. The third-order valence-electron chi connectivity index (χ3n) is 4.92. The topological polar surface area (TPSA) is 48.7 Å². The first-order valence-corrected chi connectivity index (χ1v) is 10.9. The summed E-state index contributed by atoms with van der Waals surface area (Å²) in [5, 5.41) is 14.2. The van der Waals surface area contributed by atoms with Crippen molar-refractivity contribution >= 4 is 35.0 Å². The quantitative estimate of drug-likeness (QED) is 0.388. The number of nitrogens with zero attached hydrogens (tertiary/aromatic N) is 3. The molecule has 6 heteroatoms. The molecule has 0 amide bonds. The van der Waals surface area contributed by atoms with Crippen molar-refractivity contribution in [2.45, 2.75) is 33.3 Å². The van der Waals surface area contributed by atoms with Crippen molar-refractivity contribution in [2.75, 3.05) is 13.6 Å². The molecule has 0 aliphatic rings. The highest BCUT2D eigenvalue weighted by molar-refractivity contribution is 7.09. The number of rotatable bonds is 7. The van der Waals surface area contributed by atoms with Gasteiger partial charge >= 0.3 is 0 Å². The number of aromatic nitrogens is 1. The number of halogens is 1. The summed E-state index contributed by atoms with van der Waals surface area (Å²) in [6.07, 6.45) is 1.86. The molecule has 0 saturated heterocycles. The van der Waals surface area contributed by atoms with Crippen molar-refractivity contribution in [3.8, 4) is 0 Å². The summed E-state index contributed by atoms with van der Waals surface area (Å²) >= 11 is 7.50. The summed E-state index contributed by atoms with van der Waals surface area (Å²) in [6.45, 7) is 7.21. The van der Waals surface area contributed by atoms with Crippen LogP contribution in [0.5, 0.6) is 0 Å². The van der Waals surface area contributed by atoms with Gasteiger partial charge in [-0.25, -0.2) is 9.98 Å². The Morgan fingerprint density at radius 2 is 1.93 bits per heavy atom. The zero-order valence-electron chi connectivity index (χ0n) is 17.2. The first-order chi connectivity index (χ1) is 13.9. The van der Waals surface area contributed by atoms with E-state index in [0.29, 0.717) is 10.7 Å². The molecule has 0 spiro atoms. The largest absolute Gasteiger partial charge is 0.382 e. The molecule has 1 unspecified atom stereocenters. The zero-order chi connectivity index (χ0) is 21.0. The molecule has 3 aromatic rings. The molecule has 0 bridgehead atoms. The van der Waals surface area contributed by atoms with E-state index < -0.39 is 6.10 Å². The van der Waals surface area contributed by atoms with Crippen LogP contribution in [0.2, 0.25) is 5.02 Å². The fraction of sp³-hybridized carbons (Fsp3) is 0.304. The molecule has 152 valence electrons. The van der Waals surface area contributed by atoms with Crippen molar-refractivity contribution in [1.29, 1.82) is 0 Å². The maximum absolute atomic E-state index is 10.6. The van der Waals surface area contributed by atoms with Gasteiger partial charge in [-0.1, -0.05) is 29.8 Å². The summed E-state index contributed by atoms with van der Waals surface area (Å²) < 4.78 is 0. The predicted octanol–water partition coefficient (Wildman–Crippen LogP) is 5.70. The Bertz CT molecular complexity index is 998. The molecule has 29 heavy (non-hydrogen) atoms. The Kier molecular flexibility index (Phi) is 7.06. The summed E-state index contributed by atoms with van der Waals surface area (Å²) in [7, 11) is 2.01. The van der Waals surface area contributed by atoms with E-state index in [1.807, 2.05) is 35.8 Å². The summed E-state index contributed by atoms with van der Waals surface area (Å²) in [5.74, 6) is 0. The van der Waals surface area contributed by atoms with Gasteiger partial charge in [0.15, 0.2) is 0 Å². The van der Waals surface area contributed by atoms with Gasteiger partial charge in [0.05, 0.1) is 22.7 Å². The number of hydrogen-bond acceptors (Lipinski definition) is 4. The van der Waals surface area contributed by atoms with Crippen molar-refractivity contribution in [1.82, 2.24) is 9.88 Å². The van der Waals surface area contributed by atoms with Gasteiger partial charge in [0.2, 0.25) is 0 Å². The molecular weight excluding hydrogens is 402 g/mol. The monoisotopic (exact) mass is 427 g/mol. The number of hydrogen-bond donors (Lipinski definition) is 1. The molecule has 0 radical (unpaired) electrons. The van der Waals surface area contributed by atoms with Crippen LogP contribution in [0.4, 0.5) is 5.69 Å². The zero-order valence-corrected chi connectivity index (χ0v) is 18.8. The number of aliphatic hydroxyl groups is 1. The highest BCUT2D eigenvalue weighted by atomic mass is 35.5. The van der Waals surface area contributed by atoms with Crippen molar-refractivity contribution in [3.63, 3.8) is 0 Å². The van der Waals surface area contributed by atoms with E-state index in [1.165, 1.54) is 11.1 Å². The second-order valence-corrected chi connectivity index (χ2v) is 8.56. The van der Waals surface area contributed by atoms with Gasteiger partial charge in [-0.05, 0) is 61.2 Å². The van der Waals surface area contributed by atoms with Gasteiger partial charge in [-0.15, -0.1) is 11.3 Å². The van der Waals surface area contributed by atoms with Crippen molar-refractivity contribution < 1.29 is 5.11 Å². The molecule has 1 aromatic heterocycles. The average molecular weight is 428 g/mol. The normalized spacial score (nSPS) is 12.5. The van der Waals surface area contributed by atoms with E-state index in [9.17, 15) is 5.11 Å². The summed E-state index contributed by atoms with van der Waals surface area (Å²) in [4.78, 5) is 11.3. The second-order valence-electron chi connectivity index (χ2n) is 7.18. The van der Waals surface area contributed by atoms with E-state index in [4.69, 9.17) is 11.6 Å². The van der Waals surface area contributed by atoms with Crippen LogP contribution in [0.1, 0.15) is 46.0 Å². The summed E-state index contributed by atoms with van der Waals surface area (Å²) in [6, 6.07) is 11.5. The minimum atomic E-state index is -0.743. The van der Waals surface area contributed by atoms with E-state index in [-0.39, 0.29) is 0 Å². The molecular formula is C23H26ClN3OS. The molecule has 0 saturated carbocycles. The van der Waals surface area contributed by atoms with Crippen LogP contribution in [-0.4, -0.2) is 34.9 Å². The fourth-order valence-electron chi connectivity index (χ4n) is 2.94. The predicted molar refractivity (Wildman–Crippen MR) is 123 cm³/mol. The van der Waals surface area contributed by atoms with Gasteiger partial charge in [0, 0.05) is 30.4 Å². The van der Waals surface area contributed by atoms with E-state index in [1.54, 1.807) is 23.5 Å². The van der Waals surface area contributed by atoms with Crippen molar-refractivity contribution in [3.05, 3.63) is 79.8 Å². The van der Waals surface area contributed by atoms with Gasteiger partial charge < -0.3 is 10.0 Å². The molecule has 2 aromatic carbocycles. The lowest BCUT2D eigenvalue weighted by Crippen LogP contribution is -2.14. The molecule has 4 nitrogen and oxygen atoms in total. The standard InChI is InChI=1S/C23H26ClN3OS/c1-5-27(4)14-25-20-11-15(2)18(10-16(20)3)12-22-26-21(13-29-22)23(28)17-6-8-19(24)9-7-17/h6-11,13-14,23,28H,5,12H2,1-4H3/b25-14-. The first-order valence-electron chi connectivity index (χ1n) is 9.59.